The summed E-state index contributed by atoms with van der Waals surface area (Å²) < 4.78 is 105. The highest BCUT2D eigenvalue weighted by molar-refractivity contribution is 7.86. The van der Waals surface area contributed by atoms with E-state index in [2.05, 4.69) is 51.4 Å². The fraction of sp³-hybridized carbons (Fsp3) is 0.100. The lowest BCUT2D eigenvalue weighted by Crippen LogP contribution is -2.12. The van der Waals surface area contributed by atoms with Crippen LogP contribution in [0.25, 0.3) is 21.5 Å². The lowest BCUT2D eigenvalue weighted by atomic mass is 10.0. The van der Waals surface area contributed by atoms with Gasteiger partial charge >= 0.3 is 5.97 Å². The van der Waals surface area contributed by atoms with Crippen molar-refractivity contribution in [2.24, 2.45) is 20.5 Å². The molecule has 0 amide bonds. The number of anilines is 5. The maximum atomic E-state index is 12.5. The number of hydrogen-bond donors (Lipinski definition) is 8. The SMILES string of the molecule is Cc1ccc(N=Nc2cc(S(=O)(=O)O)c(NCCC(=O)O)cc2Nc2nc(Cl)nc(Nc3cc(S(=O)(=O)O)cc4cc(C)c(N=Nc5ccc6ccccc6c5S(=O)(=O)O)c(O)c34)n2)cc1. The summed E-state index contributed by atoms with van der Waals surface area (Å²) in [6.45, 7) is 3.06. The molecule has 340 valence electrons. The first-order chi connectivity index (χ1) is 31.0. The van der Waals surface area contributed by atoms with Gasteiger partial charge in [-0.05, 0) is 90.3 Å². The number of aromatic nitrogens is 3. The molecule has 22 nitrogen and oxygen atoms in total. The van der Waals surface area contributed by atoms with E-state index in [0.29, 0.717) is 11.1 Å². The van der Waals surface area contributed by atoms with Crippen LogP contribution in [0.1, 0.15) is 17.5 Å². The third-order valence-electron chi connectivity index (χ3n) is 9.46. The Kier molecular flexibility index (Phi) is 13.0. The number of benzene rings is 6. The predicted molar refractivity (Wildman–Crippen MR) is 242 cm³/mol. The molecule has 8 N–H and O–H groups in total. The van der Waals surface area contributed by atoms with Crippen molar-refractivity contribution in [1.29, 1.82) is 0 Å². The molecule has 1 aromatic heterocycles. The molecule has 26 heteroatoms. The number of halogens is 1. The van der Waals surface area contributed by atoms with Crippen molar-refractivity contribution in [3.63, 3.8) is 0 Å². The van der Waals surface area contributed by atoms with Crippen molar-refractivity contribution in [3.8, 4) is 5.75 Å². The number of nitrogens with zero attached hydrogens (tertiary/aromatic N) is 7. The molecule has 7 rings (SSSR count). The van der Waals surface area contributed by atoms with Crippen LogP contribution in [-0.2, 0) is 35.1 Å². The van der Waals surface area contributed by atoms with Gasteiger partial charge in [0, 0.05) is 17.3 Å². The second-order valence-electron chi connectivity index (χ2n) is 14.2. The lowest BCUT2D eigenvalue weighted by Gasteiger charge is -2.16. The van der Waals surface area contributed by atoms with Gasteiger partial charge in [0.25, 0.3) is 30.4 Å². The van der Waals surface area contributed by atoms with E-state index in [-0.39, 0.29) is 68.3 Å². The fourth-order valence-corrected chi connectivity index (χ4v) is 8.72. The number of phenols is 1. The molecule has 0 aliphatic rings. The standard InChI is InChI=1S/C40H33ClN10O12S3/c1-20-7-10-24(11-8-20)48-50-29-19-32(65(58,59)60)30(42-14-13-33(52)53)18-28(29)43-39-45-38(41)46-40(47-39)44-31-17-25(64(55,56)57)16-23-15-21(2)35(36(54)34(23)31)51-49-27-12-9-22-5-3-4-6-26(22)37(27)66(61,62)63/h3-12,15-19,42,54H,13-14H2,1-2H3,(H,52,53)(H,55,56,57)(H,58,59,60)(H,61,62,63)(H2,43,44,45,46,47). The van der Waals surface area contributed by atoms with Gasteiger partial charge in [0.05, 0.1) is 34.1 Å². The maximum Gasteiger partial charge on any atom is 0.305 e. The number of phenolic OH excluding ortho intramolecular Hbond substituents is 1. The molecule has 0 aliphatic heterocycles. The summed E-state index contributed by atoms with van der Waals surface area (Å²) in [6, 6.07) is 21.5. The Bertz CT molecular complexity index is 3530. The van der Waals surface area contributed by atoms with Crippen LogP contribution in [-0.4, -0.2) is 76.6 Å². The van der Waals surface area contributed by atoms with Crippen molar-refractivity contribution < 1.29 is 53.9 Å². The number of carboxylic acids is 1. The Hall–Kier alpha value is -7.26. The number of azo groups is 2. The maximum absolute atomic E-state index is 12.5. The Balaban J connectivity index is 1.33. The molecule has 0 spiro atoms. The van der Waals surface area contributed by atoms with Crippen molar-refractivity contribution in [2.45, 2.75) is 35.0 Å². The molecule has 0 saturated heterocycles. The molecule has 66 heavy (non-hydrogen) atoms. The highest BCUT2D eigenvalue weighted by Gasteiger charge is 2.24. The van der Waals surface area contributed by atoms with E-state index in [1.165, 1.54) is 25.1 Å². The number of fused-ring (bicyclic) bond motifs is 2. The molecule has 0 atom stereocenters. The molecular weight excluding hydrogens is 944 g/mol. The Labute approximate surface area is 379 Å². The summed E-state index contributed by atoms with van der Waals surface area (Å²) >= 11 is 6.33. The molecular formula is C40H33ClN10O12S3. The summed E-state index contributed by atoms with van der Waals surface area (Å²) in [7, 11) is -14.7. The summed E-state index contributed by atoms with van der Waals surface area (Å²) in [6.07, 6.45) is -0.437. The van der Waals surface area contributed by atoms with E-state index >= 15 is 0 Å². The Morgan fingerprint density at radius 3 is 2.00 bits per heavy atom. The minimum Gasteiger partial charge on any atom is -0.505 e. The molecule has 0 radical (unpaired) electrons. The molecule has 6 aromatic carbocycles. The molecule has 0 aliphatic carbocycles. The molecule has 0 saturated carbocycles. The van der Waals surface area contributed by atoms with Crippen LogP contribution in [0, 0.1) is 13.8 Å². The highest BCUT2D eigenvalue weighted by Crippen LogP contribution is 2.45. The number of carbonyl (C=O) groups is 1. The first-order valence-electron chi connectivity index (χ1n) is 18.8. The van der Waals surface area contributed by atoms with Crippen LogP contribution in [0.5, 0.6) is 5.75 Å². The second-order valence-corrected chi connectivity index (χ2v) is 18.7. The van der Waals surface area contributed by atoms with Crippen LogP contribution in [0.4, 0.5) is 51.7 Å². The first kappa shape index (κ1) is 46.7. The van der Waals surface area contributed by atoms with E-state index in [1.807, 2.05) is 6.92 Å². The molecule has 1 heterocycles. The van der Waals surface area contributed by atoms with Gasteiger partial charge < -0.3 is 26.2 Å². The third kappa shape index (κ3) is 10.6. The van der Waals surface area contributed by atoms with Gasteiger partial charge in [0.1, 0.15) is 26.9 Å². The normalized spacial score (nSPS) is 12.3. The fourth-order valence-electron chi connectivity index (χ4n) is 6.51. The van der Waals surface area contributed by atoms with Gasteiger partial charge in [0.15, 0.2) is 5.75 Å². The number of carboxylic acid groups (broad SMARTS) is 1. The van der Waals surface area contributed by atoms with Crippen molar-refractivity contribution in [2.75, 3.05) is 22.5 Å². The van der Waals surface area contributed by atoms with Crippen LogP contribution < -0.4 is 16.0 Å². The van der Waals surface area contributed by atoms with E-state index < -0.39 is 74.4 Å². The zero-order valence-electron chi connectivity index (χ0n) is 33.9. The van der Waals surface area contributed by atoms with Gasteiger partial charge in [0.2, 0.25) is 17.2 Å². The monoisotopic (exact) mass is 976 g/mol. The van der Waals surface area contributed by atoms with Gasteiger partial charge in [-0.15, -0.1) is 15.3 Å². The van der Waals surface area contributed by atoms with Crippen molar-refractivity contribution in [3.05, 3.63) is 107 Å². The summed E-state index contributed by atoms with van der Waals surface area (Å²) in [5, 5.41) is 45.7. The quantitative estimate of drug-likeness (QED) is 0.0350. The highest BCUT2D eigenvalue weighted by atomic mass is 35.5. The average Bonchev–Trinajstić information content (AvgIpc) is 3.22. The topological polar surface area (TPSA) is 345 Å². The zero-order valence-corrected chi connectivity index (χ0v) is 37.1. The summed E-state index contributed by atoms with van der Waals surface area (Å²) in [4.78, 5) is 21.8. The van der Waals surface area contributed by atoms with Gasteiger partial charge in [-0.2, -0.15) is 45.3 Å². The van der Waals surface area contributed by atoms with Crippen LogP contribution >= 0.6 is 11.6 Å². The van der Waals surface area contributed by atoms with E-state index in [9.17, 15) is 53.9 Å². The van der Waals surface area contributed by atoms with Gasteiger partial charge in [-0.3, -0.25) is 18.5 Å². The second kappa shape index (κ2) is 18.3. The summed E-state index contributed by atoms with van der Waals surface area (Å²) in [5.74, 6) is -2.57. The number of hydrogen-bond acceptors (Lipinski definition) is 18. The van der Waals surface area contributed by atoms with Crippen LogP contribution in [0.3, 0.4) is 0 Å². The Morgan fingerprint density at radius 2 is 1.35 bits per heavy atom. The Morgan fingerprint density at radius 1 is 0.682 bits per heavy atom. The van der Waals surface area contributed by atoms with E-state index in [4.69, 9.17) is 11.6 Å². The largest absolute Gasteiger partial charge is 0.505 e. The number of aliphatic carboxylic acids is 1. The number of nitrogens with one attached hydrogen (secondary N) is 3. The zero-order chi connectivity index (χ0) is 47.7. The lowest BCUT2D eigenvalue weighted by molar-refractivity contribution is -0.136. The first-order valence-corrected chi connectivity index (χ1v) is 23.5. The minimum atomic E-state index is -4.95. The van der Waals surface area contributed by atoms with E-state index in [0.717, 1.165) is 29.8 Å². The average molecular weight is 977 g/mol. The molecule has 7 aromatic rings. The van der Waals surface area contributed by atoms with Crippen LogP contribution in [0.15, 0.2) is 126 Å². The van der Waals surface area contributed by atoms with Crippen molar-refractivity contribution in [1.82, 2.24) is 15.0 Å². The predicted octanol–water partition coefficient (Wildman–Crippen LogP) is 9.10. The molecule has 0 bridgehead atoms. The van der Waals surface area contributed by atoms with Gasteiger partial charge in [-0.1, -0.05) is 48.0 Å². The summed E-state index contributed by atoms with van der Waals surface area (Å²) in [5.41, 5.74) is 0.234. The molecule has 0 fully saturated rings. The van der Waals surface area contributed by atoms with Gasteiger partial charge in [-0.25, -0.2) is 0 Å². The number of aryl methyl sites for hydroxylation is 2. The minimum absolute atomic E-state index is 0.0369. The van der Waals surface area contributed by atoms with E-state index in [1.54, 1.807) is 48.5 Å². The molecule has 0 unspecified atom stereocenters. The van der Waals surface area contributed by atoms with Crippen molar-refractivity contribution >= 4 is 121 Å². The number of rotatable bonds is 15. The smallest absolute Gasteiger partial charge is 0.305 e. The van der Waals surface area contributed by atoms with Crippen LogP contribution in [0.2, 0.25) is 5.28 Å². The third-order valence-corrected chi connectivity index (χ3v) is 12.3. The number of aromatic hydroxyl groups is 1.